The van der Waals surface area contributed by atoms with Gasteiger partial charge in [-0.1, -0.05) is 31.5 Å². The maximum Gasteiger partial charge on any atom is 0.234 e. The number of thioether (sulfide) groups is 1. The molecule has 2 rings (SSSR count). The first kappa shape index (κ1) is 20.0. The highest BCUT2D eigenvalue weighted by Crippen LogP contribution is 2.23. The molecule has 0 fully saturated rings. The van der Waals surface area contributed by atoms with E-state index in [1.807, 2.05) is 56.3 Å². The third-order valence-electron chi connectivity index (χ3n) is 3.91. The van der Waals surface area contributed by atoms with Gasteiger partial charge in [0.1, 0.15) is 0 Å². The Kier molecular flexibility index (Phi) is 7.73. The number of aryl methyl sites for hydroxylation is 2. The van der Waals surface area contributed by atoms with E-state index in [9.17, 15) is 9.59 Å². The molecule has 0 saturated carbocycles. The lowest BCUT2D eigenvalue weighted by Gasteiger charge is -2.10. The number of carbonyl (C=O) groups is 2. The van der Waals surface area contributed by atoms with Crippen LogP contribution in [-0.2, 0) is 9.59 Å². The summed E-state index contributed by atoms with van der Waals surface area (Å²) in [6.45, 7) is 6.05. The van der Waals surface area contributed by atoms with Gasteiger partial charge in [0.25, 0.3) is 0 Å². The molecule has 0 heterocycles. The van der Waals surface area contributed by atoms with Crippen LogP contribution in [0.1, 0.15) is 37.3 Å². The minimum absolute atomic E-state index is 0.0293. The van der Waals surface area contributed by atoms with Gasteiger partial charge in [0.15, 0.2) is 0 Å². The van der Waals surface area contributed by atoms with Gasteiger partial charge >= 0.3 is 0 Å². The fourth-order valence-corrected chi connectivity index (χ4v) is 3.19. The molecular formula is C21H26N2O2S. The molecule has 0 aliphatic rings. The fraction of sp³-hybridized carbons (Fsp3) is 0.333. The van der Waals surface area contributed by atoms with Gasteiger partial charge in [0.05, 0.1) is 5.75 Å². The highest BCUT2D eigenvalue weighted by molar-refractivity contribution is 8.00. The lowest BCUT2D eigenvalue weighted by atomic mass is 10.1. The highest BCUT2D eigenvalue weighted by atomic mass is 32.2. The van der Waals surface area contributed by atoms with Crippen molar-refractivity contribution in [1.82, 2.24) is 0 Å². The molecule has 0 atom stereocenters. The van der Waals surface area contributed by atoms with E-state index < -0.39 is 0 Å². The molecule has 2 aromatic carbocycles. The monoisotopic (exact) mass is 370 g/mol. The van der Waals surface area contributed by atoms with Crippen LogP contribution in [0.3, 0.4) is 0 Å². The van der Waals surface area contributed by atoms with Crippen molar-refractivity contribution in [3.63, 3.8) is 0 Å². The van der Waals surface area contributed by atoms with E-state index in [0.717, 1.165) is 40.2 Å². The quantitative estimate of drug-likeness (QED) is 0.631. The molecule has 2 N–H and O–H groups in total. The van der Waals surface area contributed by atoms with Crippen LogP contribution in [0.4, 0.5) is 11.4 Å². The van der Waals surface area contributed by atoms with Crippen molar-refractivity contribution in [1.29, 1.82) is 0 Å². The average molecular weight is 371 g/mol. The molecule has 26 heavy (non-hydrogen) atoms. The molecule has 4 nitrogen and oxygen atoms in total. The van der Waals surface area contributed by atoms with Gasteiger partial charge in [-0.15, -0.1) is 11.8 Å². The zero-order valence-corrected chi connectivity index (χ0v) is 16.4. The van der Waals surface area contributed by atoms with Crippen molar-refractivity contribution in [3.8, 4) is 0 Å². The van der Waals surface area contributed by atoms with Gasteiger partial charge in [0.2, 0.25) is 11.8 Å². The number of hydrogen-bond acceptors (Lipinski definition) is 3. The average Bonchev–Trinajstić information content (AvgIpc) is 2.61. The minimum atomic E-state index is -0.0407. The van der Waals surface area contributed by atoms with E-state index in [0.29, 0.717) is 12.2 Å². The van der Waals surface area contributed by atoms with Crippen LogP contribution in [0.15, 0.2) is 47.4 Å². The molecule has 2 amide bonds. The predicted molar refractivity (Wildman–Crippen MR) is 110 cm³/mol. The Morgan fingerprint density at radius 3 is 2.58 bits per heavy atom. The van der Waals surface area contributed by atoms with Crippen molar-refractivity contribution < 1.29 is 9.59 Å². The molecule has 0 saturated heterocycles. The van der Waals surface area contributed by atoms with Gasteiger partial charge in [-0.25, -0.2) is 0 Å². The molecular weight excluding hydrogens is 344 g/mol. The Balaban J connectivity index is 1.88. The second-order valence-electron chi connectivity index (χ2n) is 6.33. The maximum atomic E-state index is 12.2. The predicted octanol–water partition coefficient (Wildman–Crippen LogP) is 5.16. The summed E-state index contributed by atoms with van der Waals surface area (Å²) in [7, 11) is 0. The van der Waals surface area contributed by atoms with Crippen molar-refractivity contribution in [3.05, 3.63) is 53.6 Å². The summed E-state index contributed by atoms with van der Waals surface area (Å²) < 4.78 is 0. The van der Waals surface area contributed by atoms with Crippen LogP contribution in [0.5, 0.6) is 0 Å². The number of carbonyl (C=O) groups excluding carboxylic acids is 2. The van der Waals surface area contributed by atoms with E-state index in [1.165, 1.54) is 11.8 Å². The zero-order valence-electron chi connectivity index (χ0n) is 15.6. The largest absolute Gasteiger partial charge is 0.326 e. The first-order valence-electron chi connectivity index (χ1n) is 8.87. The van der Waals surface area contributed by atoms with Gasteiger partial charge in [0, 0.05) is 22.7 Å². The topological polar surface area (TPSA) is 58.2 Å². The van der Waals surface area contributed by atoms with Crippen molar-refractivity contribution in [2.24, 2.45) is 0 Å². The van der Waals surface area contributed by atoms with Gasteiger partial charge in [-0.2, -0.15) is 0 Å². The Morgan fingerprint density at radius 2 is 1.81 bits per heavy atom. The molecule has 0 aliphatic carbocycles. The summed E-state index contributed by atoms with van der Waals surface area (Å²) in [6.07, 6.45) is 2.42. The Labute approximate surface area is 159 Å². The lowest BCUT2D eigenvalue weighted by Crippen LogP contribution is -2.15. The van der Waals surface area contributed by atoms with E-state index in [4.69, 9.17) is 0 Å². The van der Waals surface area contributed by atoms with Crippen LogP contribution in [-0.4, -0.2) is 17.6 Å². The van der Waals surface area contributed by atoms with Crippen molar-refractivity contribution >= 4 is 35.0 Å². The molecule has 0 bridgehead atoms. The molecule has 0 spiro atoms. The minimum Gasteiger partial charge on any atom is -0.326 e. The number of rotatable bonds is 8. The van der Waals surface area contributed by atoms with Crippen LogP contribution < -0.4 is 10.6 Å². The number of unbranched alkanes of at least 4 members (excludes halogenated alkanes) is 1. The molecule has 138 valence electrons. The Morgan fingerprint density at radius 1 is 1.00 bits per heavy atom. The van der Waals surface area contributed by atoms with Crippen LogP contribution in [0, 0.1) is 13.8 Å². The van der Waals surface area contributed by atoms with Crippen molar-refractivity contribution in [2.45, 2.75) is 44.9 Å². The smallest absolute Gasteiger partial charge is 0.234 e. The number of hydrogen-bond donors (Lipinski definition) is 2. The summed E-state index contributed by atoms with van der Waals surface area (Å²) in [5.41, 5.74) is 3.79. The number of anilines is 2. The van der Waals surface area contributed by atoms with Crippen LogP contribution >= 0.6 is 11.8 Å². The standard InChI is InChI=1S/C21H26N2O2S/c1-4-5-9-20(24)22-17-7-6-8-18(13-17)26-14-21(25)23-19-12-15(2)10-11-16(19)3/h6-8,10-13H,4-5,9,14H2,1-3H3,(H,22,24)(H,23,25). The SMILES string of the molecule is CCCCC(=O)Nc1cccc(SCC(=O)Nc2cc(C)ccc2C)c1. The summed E-state index contributed by atoms with van der Waals surface area (Å²) in [4.78, 5) is 25.0. The first-order chi connectivity index (χ1) is 12.5. The third-order valence-corrected chi connectivity index (χ3v) is 4.91. The Hall–Kier alpha value is -2.27. The van der Waals surface area contributed by atoms with Gasteiger partial charge < -0.3 is 10.6 Å². The summed E-state index contributed by atoms with van der Waals surface area (Å²) in [5.74, 6) is 0.309. The molecule has 2 aromatic rings. The normalized spacial score (nSPS) is 10.4. The Bertz CT molecular complexity index is 774. The van der Waals surface area contributed by atoms with Crippen LogP contribution in [0.2, 0.25) is 0 Å². The lowest BCUT2D eigenvalue weighted by molar-refractivity contribution is -0.116. The molecule has 0 aromatic heterocycles. The molecule has 0 radical (unpaired) electrons. The zero-order chi connectivity index (χ0) is 18.9. The van der Waals surface area contributed by atoms with E-state index in [2.05, 4.69) is 17.6 Å². The van der Waals surface area contributed by atoms with Crippen molar-refractivity contribution in [2.75, 3.05) is 16.4 Å². The third kappa shape index (κ3) is 6.56. The summed E-state index contributed by atoms with van der Waals surface area (Å²) in [5, 5.41) is 5.87. The van der Waals surface area contributed by atoms with E-state index in [1.54, 1.807) is 0 Å². The maximum absolute atomic E-state index is 12.2. The number of benzene rings is 2. The molecule has 5 heteroatoms. The summed E-state index contributed by atoms with van der Waals surface area (Å²) >= 11 is 1.45. The first-order valence-corrected chi connectivity index (χ1v) is 9.86. The van der Waals surface area contributed by atoms with Gasteiger partial charge in [-0.05, 0) is 55.7 Å². The van der Waals surface area contributed by atoms with E-state index in [-0.39, 0.29) is 11.8 Å². The fourth-order valence-electron chi connectivity index (χ4n) is 2.43. The van der Waals surface area contributed by atoms with Crippen LogP contribution in [0.25, 0.3) is 0 Å². The van der Waals surface area contributed by atoms with Gasteiger partial charge in [-0.3, -0.25) is 9.59 Å². The van der Waals surface area contributed by atoms with E-state index >= 15 is 0 Å². The molecule has 0 aliphatic heterocycles. The number of amides is 2. The second kappa shape index (κ2) is 10.0. The summed E-state index contributed by atoms with van der Waals surface area (Å²) in [6, 6.07) is 13.6. The highest BCUT2D eigenvalue weighted by Gasteiger charge is 2.07. The molecule has 0 unspecified atom stereocenters. The number of nitrogens with one attached hydrogen (secondary N) is 2. The second-order valence-corrected chi connectivity index (χ2v) is 7.38.